The van der Waals surface area contributed by atoms with E-state index < -0.39 is 29.6 Å². The van der Waals surface area contributed by atoms with Gasteiger partial charge in [-0.3, -0.25) is 14.5 Å². The molecule has 1 atom stereocenters. The Hall–Kier alpha value is -3.43. The Morgan fingerprint density at radius 2 is 1.94 bits per heavy atom. The van der Waals surface area contributed by atoms with Gasteiger partial charge in [0, 0.05) is 29.9 Å². The fourth-order valence-corrected chi connectivity index (χ4v) is 3.90. The van der Waals surface area contributed by atoms with Gasteiger partial charge in [-0.2, -0.15) is 18.3 Å². The molecule has 1 fully saturated rings. The molecule has 2 aromatic heterocycles. The molecule has 1 aromatic carbocycles. The van der Waals surface area contributed by atoms with Crippen LogP contribution in [0.5, 0.6) is 5.75 Å². The Morgan fingerprint density at radius 3 is 2.70 bits per heavy atom. The van der Waals surface area contributed by atoms with Gasteiger partial charge in [-0.05, 0) is 56.0 Å². The SMILES string of the molecule is O=C(N[C@H]1CCCn2nc(-c3ccnc(C(F)(F)F)c3)cc21)c1cc(F)cc(OC2CC2)c1. The van der Waals surface area contributed by atoms with Crippen molar-refractivity contribution >= 4 is 5.91 Å². The van der Waals surface area contributed by atoms with Crippen molar-refractivity contribution in [3.8, 4) is 17.0 Å². The molecule has 5 rings (SSSR count). The second-order valence-corrected chi connectivity index (χ2v) is 8.27. The van der Waals surface area contributed by atoms with Crippen molar-refractivity contribution in [2.24, 2.45) is 0 Å². The summed E-state index contributed by atoms with van der Waals surface area (Å²) < 4.78 is 60.4. The third-order valence-electron chi connectivity index (χ3n) is 5.64. The maximum absolute atomic E-state index is 14.0. The van der Waals surface area contributed by atoms with Crippen molar-refractivity contribution in [3.05, 3.63) is 65.4 Å². The average molecular weight is 460 g/mol. The Balaban J connectivity index is 1.38. The van der Waals surface area contributed by atoms with E-state index in [0.717, 1.165) is 37.6 Å². The summed E-state index contributed by atoms with van der Waals surface area (Å²) in [5.74, 6) is -0.705. The van der Waals surface area contributed by atoms with Crippen molar-refractivity contribution in [3.63, 3.8) is 0 Å². The number of nitrogens with one attached hydrogen (secondary N) is 1. The van der Waals surface area contributed by atoms with E-state index in [1.54, 1.807) is 10.7 Å². The number of carbonyl (C=O) groups is 1. The topological polar surface area (TPSA) is 69.0 Å². The molecular formula is C23H20F4N4O2. The number of halogens is 4. The first-order valence-electron chi connectivity index (χ1n) is 10.7. The number of pyridine rings is 1. The second-order valence-electron chi connectivity index (χ2n) is 8.27. The number of benzene rings is 1. The lowest BCUT2D eigenvalue weighted by Crippen LogP contribution is -2.32. The number of ether oxygens (including phenoxy) is 1. The zero-order chi connectivity index (χ0) is 23.2. The average Bonchev–Trinajstić information content (AvgIpc) is 3.46. The minimum Gasteiger partial charge on any atom is -0.490 e. The van der Waals surface area contributed by atoms with E-state index in [2.05, 4.69) is 15.4 Å². The maximum atomic E-state index is 14.0. The standard InChI is InChI=1S/C23H20F4N4O2/c24-15-8-14(9-17(11-15)33-16-3-4-16)22(32)29-18-2-1-7-31-20(18)12-19(30-31)13-5-6-28-21(10-13)23(25,26)27/h5-6,8-12,16,18H,1-4,7H2,(H,29,32)/t18-/m0/s1. The lowest BCUT2D eigenvalue weighted by molar-refractivity contribution is -0.141. The molecule has 172 valence electrons. The molecule has 0 unspecified atom stereocenters. The number of fused-ring (bicyclic) bond motifs is 1. The van der Waals surface area contributed by atoms with Gasteiger partial charge in [0.15, 0.2) is 0 Å². The van der Waals surface area contributed by atoms with Gasteiger partial charge in [0.25, 0.3) is 5.91 Å². The predicted molar refractivity (Wildman–Crippen MR) is 110 cm³/mol. The van der Waals surface area contributed by atoms with E-state index in [9.17, 15) is 22.4 Å². The number of aromatic nitrogens is 3. The molecule has 1 aliphatic heterocycles. The van der Waals surface area contributed by atoms with Crippen LogP contribution < -0.4 is 10.1 Å². The Bertz CT molecular complexity index is 1200. The van der Waals surface area contributed by atoms with E-state index in [1.807, 2.05) is 0 Å². The lowest BCUT2D eigenvalue weighted by atomic mass is 10.0. The number of carbonyl (C=O) groups excluding carboxylic acids is 1. The number of hydrogen-bond donors (Lipinski definition) is 1. The fraction of sp³-hybridized carbons (Fsp3) is 0.348. The minimum atomic E-state index is -4.56. The van der Waals surface area contributed by atoms with Crippen molar-refractivity contribution in [2.75, 3.05) is 0 Å². The molecule has 10 heteroatoms. The molecule has 0 spiro atoms. The number of aryl methyl sites for hydroxylation is 1. The van der Waals surface area contributed by atoms with Crippen LogP contribution in [0, 0.1) is 5.82 Å². The molecule has 0 radical (unpaired) electrons. The van der Waals surface area contributed by atoms with E-state index in [1.165, 1.54) is 18.2 Å². The molecule has 1 aliphatic carbocycles. The molecule has 2 aliphatic rings. The molecule has 0 bridgehead atoms. The van der Waals surface area contributed by atoms with Crippen molar-refractivity contribution in [1.82, 2.24) is 20.1 Å². The van der Waals surface area contributed by atoms with Crippen LogP contribution in [-0.4, -0.2) is 26.8 Å². The highest BCUT2D eigenvalue weighted by Crippen LogP contribution is 2.33. The smallest absolute Gasteiger partial charge is 0.433 e. The maximum Gasteiger partial charge on any atom is 0.433 e. The third kappa shape index (κ3) is 4.69. The summed E-state index contributed by atoms with van der Waals surface area (Å²) in [4.78, 5) is 16.2. The lowest BCUT2D eigenvalue weighted by Gasteiger charge is -2.24. The largest absolute Gasteiger partial charge is 0.490 e. The molecule has 0 saturated heterocycles. The third-order valence-corrected chi connectivity index (χ3v) is 5.64. The summed E-state index contributed by atoms with van der Waals surface area (Å²) in [6, 6.07) is 7.59. The molecule has 3 aromatic rings. The summed E-state index contributed by atoms with van der Waals surface area (Å²) in [5.41, 5.74) is 0.486. The van der Waals surface area contributed by atoms with E-state index >= 15 is 0 Å². The Kier molecular flexibility index (Phi) is 5.30. The molecule has 33 heavy (non-hydrogen) atoms. The molecule has 6 nitrogen and oxygen atoms in total. The van der Waals surface area contributed by atoms with Gasteiger partial charge in [0.05, 0.1) is 23.5 Å². The monoisotopic (exact) mass is 460 g/mol. The molecule has 1 saturated carbocycles. The number of rotatable bonds is 5. The van der Waals surface area contributed by atoms with E-state index in [0.29, 0.717) is 30.1 Å². The summed E-state index contributed by atoms with van der Waals surface area (Å²) >= 11 is 0. The highest BCUT2D eigenvalue weighted by Gasteiger charge is 2.33. The van der Waals surface area contributed by atoms with Crippen molar-refractivity contribution < 1.29 is 27.1 Å². The van der Waals surface area contributed by atoms with Crippen molar-refractivity contribution in [2.45, 2.75) is 50.6 Å². The number of nitrogens with zero attached hydrogens (tertiary/aromatic N) is 3. The van der Waals surface area contributed by atoms with E-state index in [4.69, 9.17) is 4.74 Å². The number of amides is 1. The van der Waals surface area contributed by atoms with Crippen LogP contribution in [0.25, 0.3) is 11.3 Å². The molecular weight excluding hydrogens is 440 g/mol. The highest BCUT2D eigenvalue weighted by molar-refractivity contribution is 5.94. The Morgan fingerprint density at radius 1 is 1.12 bits per heavy atom. The summed E-state index contributed by atoms with van der Waals surface area (Å²) in [7, 11) is 0. The quantitative estimate of drug-likeness (QED) is 0.550. The van der Waals surface area contributed by atoms with Gasteiger partial charge in [-0.15, -0.1) is 0 Å². The normalized spacial score (nSPS) is 18.0. The molecule has 1 amide bonds. The van der Waals surface area contributed by atoms with Gasteiger partial charge >= 0.3 is 6.18 Å². The summed E-state index contributed by atoms with van der Waals surface area (Å²) in [6.07, 6.45) is -0.216. The number of alkyl halides is 3. The Labute approximate surface area is 186 Å². The van der Waals surface area contributed by atoms with Crippen molar-refractivity contribution in [1.29, 1.82) is 0 Å². The van der Waals surface area contributed by atoms with Crippen LogP contribution in [0.2, 0.25) is 0 Å². The van der Waals surface area contributed by atoms with Crippen LogP contribution >= 0.6 is 0 Å². The first-order valence-corrected chi connectivity index (χ1v) is 10.7. The number of hydrogen-bond acceptors (Lipinski definition) is 4. The van der Waals surface area contributed by atoms with Gasteiger partial charge < -0.3 is 10.1 Å². The fourth-order valence-electron chi connectivity index (χ4n) is 3.90. The zero-order valence-corrected chi connectivity index (χ0v) is 17.4. The second kappa shape index (κ2) is 8.17. The first kappa shape index (κ1) is 21.4. The van der Waals surface area contributed by atoms with Gasteiger partial charge in [-0.25, -0.2) is 4.39 Å². The molecule has 3 heterocycles. The predicted octanol–water partition coefficient (Wildman–Crippen LogP) is 4.91. The van der Waals surface area contributed by atoms with Gasteiger partial charge in [0.2, 0.25) is 0 Å². The summed E-state index contributed by atoms with van der Waals surface area (Å²) in [6.45, 7) is 0.582. The zero-order valence-electron chi connectivity index (χ0n) is 17.4. The first-order chi connectivity index (χ1) is 15.8. The van der Waals surface area contributed by atoms with Crippen LogP contribution in [0.15, 0.2) is 42.6 Å². The van der Waals surface area contributed by atoms with E-state index in [-0.39, 0.29) is 17.2 Å². The molecule has 1 N–H and O–H groups in total. The van der Waals surface area contributed by atoms with Gasteiger partial charge in [0.1, 0.15) is 17.3 Å². The van der Waals surface area contributed by atoms with Crippen LogP contribution in [0.3, 0.4) is 0 Å². The van der Waals surface area contributed by atoms with Crippen LogP contribution in [-0.2, 0) is 12.7 Å². The van der Waals surface area contributed by atoms with Crippen LogP contribution in [0.4, 0.5) is 17.6 Å². The highest BCUT2D eigenvalue weighted by atomic mass is 19.4. The summed E-state index contributed by atoms with van der Waals surface area (Å²) in [5, 5.41) is 7.33. The van der Waals surface area contributed by atoms with Crippen LogP contribution in [0.1, 0.15) is 53.5 Å². The minimum absolute atomic E-state index is 0.0693. The van der Waals surface area contributed by atoms with Gasteiger partial charge in [-0.1, -0.05) is 0 Å².